The summed E-state index contributed by atoms with van der Waals surface area (Å²) in [4.78, 5) is 34.2. The van der Waals surface area contributed by atoms with Crippen molar-refractivity contribution in [2.24, 2.45) is 0 Å². The van der Waals surface area contributed by atoms with Gasteiger partial charge in [0.25, 0.3) is 5.91 Å². The van der Waals surface area contributed by atoms with Crippen LogP contribution in [0.2, 0.25) is 0 Å². The first-order valence-corrected chi connectivity index (χ1v) is 8.11. The van der Waals surface area contributed by atoms with Crippen molar-refractivity contribution in [1.29, 1.82) is 0 Å². The van der Waals surface area contributed by atoms with Gasteiger partial charge in [0.2, 0.25) is 5.91 Å². The molecule has 0 radical (unpaired) electrons. The third-order valence-electron chi connectivity index (χ3n) is 4.10. The van der Waals surface area contributed by atoms with Crippen LogP contribution in [0.25, 0.3) is 0 Å². The van der Waals surface area contributed by atoms with E-state index in [9.17, 15) is 9.59 Å². The second-order valence-electron chi connectivity index (χ2n) is 5.85. The van der Waals surface area contributed by atoms with Gasteiger partial charge in [0, 0.05) is 43.2 Å². The number of nitrogens with one attached hydrogen (secondary N) is 1. The molecular formula is C18H20N4O2. The largest absolute Gasteiger partial charge is 0.322 e. The van der Waals surface area contributed by atoms with E-state index in [4.69, 9.17) is 0 Å². The molecule has 6 heteroatoms. The number of carbonyl (C=O) groups excluding carboxylic acids is 2. The number of amides is 2. The molecule has 0 bridgehead atoms. The molecule has 3 rings (SSSR count). The molecule has 6 nitrogen and oxygen atoms in total. The maximum atomic E-state index is 12.3. The zero-order chi connectivity index (χ0) is 17.1. The minimum absolute atomic E-state index is 0.156. The summed E-state index contributed by atoms with van der Waals surface area (Å²) in [7, 11) is 0. The summed E-state index contributed by atoms with van der Waals surface area (Å²) in [5, 5.41) is 2.84. The van der Waals surface area contributed by atoms with E-state index < -0.39 is 0 Å². The number of nitrogens with zero attached hydrogens (tertiary/aromatic N) is 3. The number of hydrogen-bond acceptors (Lipinski definition) is 4. The monoisotopic (exact) mass is 324 g/mol. The molecule has 1 aromatic carbocycles. The van der Waals surface area contributed by atoms with Crippen molar-refractivity contribution in [3.05, 3.63) is 47.5 Å². The van der Waals surface area contributed by atoms with Crippen LogP contribution < -0.4 is 10.2 Å². The summed E-state index contributed by atoms with van der Waals surface area (Å²) in [6.07, 6.45) is 5.30. The Morgan fingerprint density at radius 3 is 2.62 bits per heavy atom. The standard InChI is InChI=1S/C18H20N4O2/c1-3-16-19-10-13(11-20-16)18(24)21-14-6-7-15(12(2)9-14)22-8-4-5-17(22)23/h6-7,9-11H,3-5,8H2,1-2H3,(H,21,24). The highest BCUT2D eigenvalue weighted by Gasteiger charge is 2.23. The van der Waals surface area contributed by atoms with Crippen molar-refractivity contribution in [1.82, 2.24) is 9.97 Å². The summed E-state index contributed by atoms with van der Waals surface area (Å²) in [6, 6.07) is 5.57. The lowest BCUT2D eigenvalue weighted by Gasteiger charge is -2.19. The smallest absolute Gasteiger partial charge is 0.258 e. The highest BCUT2D eigenvalue weighted by atomic mass is 16.2. The molecular weight excluding hydrogens is 304 g/mol. The second kappa shape index (κ2) is 6.78. The van der Waals surface area contributed by atoms with E-state index in [1.54, 1.807) is 4.90 Å². The Morgan fingerprint density at radius 2 is 2.04 bits per heavy atom. The van der Waals surface area contributed by atoms with Gasteiger partial charge in [-0.2, -0.15) is 0 Å². The molecule has 0 atom stereocenters. The van der Waals surface area contributed by atoms with Crippen LogP contribution in [0.4, 0.5) is 11.4 Å². The molecule has 1 saturated heterocycles. The second-order valence-corrected chi connectivity index (χ2v) is 5.85. The van der Waals surface area contributed by atoms with Gasteiger partial charge in [-0.3, -0.25) is 9.59 Å². The maximum absolute atomic E-state index is 12.3. The fourth-order valence-electron chi connectivity index (χ4n) is 2.80. The average Bonchev–Trinajstić information content (AvgIpc) is 3.01. The number of aromatic nitrogens is 2. The van der Waals surface area contributed by atoms with Crippen LogP contribution in [0.5, 0.6) is 0 Å². The fourth-order valence-corrected chi connectivity index (χ4v) is 2.80. The molecule has 0 saturated carbocycles. The molecule has 2 heterocycles. The van der Waals surface area contributed by atoms with Gasteiger partial charge in [-0.25, -0.2) is 9.97 Å². The Morgan fingerprint density at radius 1 is 1.29 bits per heavy atom. The third kappa shape index (κ3) is 3.27. The van der Waals surface area contributed by atoms with Crippen molar-refractivity contribution in [3.63, 3.8) is 0 Å². The molecule has 1 fully saturated rings. The Hall–Kier alpha value is -2.76. The van der Waals surface area contributed by atoms with Crippen molar-refractivity contribution in [2.45, 2.75) is 33.1 Å². The first-order chi connectivity index (χ1) is 11.6. The predicted molar refractivity (Wildman–Crippen MR) is 92.1 cm³/mol. The van der Waals surface area contributed by atoms with Crippen LogP contribution in [-0.2, 0) is 11.2 Å². The highest BCUT2D eigenvalue weighted by molar-refractivity contribution is 6.04. The number of aryl methyl sites for hydroxylation is 2. The molecule has 0 aliphatic carbocycles. The Kier molecular flexibility index (Phi) is 4.55. The Balaban J connectivity index is 1.74. The van der Waals surface area contributed by atoms with Gasteiger partial charge in [-0.15, -0.1) is 0 Å². The summed E-state index contributed by atoms with van der Waals surface area (Å²) in [5.41, 5.74) is 2.97. The van der Waals surface area contributed by atoms with E-state index in [2.05, 4.69) is 15.3 Å². The summed E-state index contributed by atoms with van der Waals surface area (Å²) < 4.78 is 0. The lowest BCUT2D eigenvalue weighted by atomic mass is 10.1. The van der Waals surface area contributed by atoms with Crippen LogP contribution in [0.1, 0.15) is 41.5 Å². The maximum Gasteiger partial charge on any atom is 0.258 e. The number of carbonyl (C=O) groups is 2. The Labute approximate surface area is 140 Å². The van der Waals surface area contributed by atoms with E-state index in [0.717, 1.165) is 30.6 Å². The summed E-state index contributed by atoms with van der Waals surface area (Å²) >= 11 is 0. The fraction of sp³-hybridized carbons (Fsp3) is 0.333. The molecule has 124 valence electrons. The normalized spacial score (nSPS) is 14.1. The van der Waals surface area contributed by atoms with Gasteiger partial charge in [-0.1, -0.05) is 6.92 Å². The SMILES string of the molecule is CCc1ncc(C(=O)Nc2ccc(N3CCCC3=O)c(C)c2)cn1. The number of hydrogen-bond donors (Lipinski definition) is 1. The van der Waals surface area contributed by atoms with E-state index in [-0.39, 0.29) is 11.8 Å². The summed E-state index contributed by atoms with van der Waals surface area (Å²) in [6.45, 7) is 4.66. The van der Waals surface area contributed by atoms with Gasteiger partial charge in [-0.05, 0) is 37.1 Å². The average molecular weight is 324 g/mol. The lowest BCUT2D eigenvalue weighted by Crippen LogP contribution is -2.24. The predicted octanol–water partition coefficient (Wildman–Crippen LogP) is 2.73. The van der Waals surface area contributed by atoms with Crippen molar-refractivity contribution in [3.8, 4) is 0 Å². The van der Waals surface area contributed by atoms with Gasteiger partial charge in [0.15, 0.2) is 0 Å². The van der Waals surface area contributed by atoms with E-state index in [1.807, 2.05) is 32.0 Å². The molecule has 24 heavy (non-hydrogen) atoms. The van der Waals surface area contributed by atoms with Crippen LogP contribution in [0.3, 0.4) is 0 Å². The van der Waals surface area contributed by atoms with E-state index in [0.29, 0.717) is 23.5 Å². The molecule has 1 aliphatic heterocycles. The van der Waals surface area contributed by atoms with Crippen LogP contribution in [0, 0.1) is 6.92 Å². The van der Waals surface area contributed by atoms with Crippen LogP contribution in [-0.4, -0.2) is 28.3 Å². The molecule has 1 N–H and O–H groups in total. The summed E-state index contributed by atoms with van der Waals surface area (Å²) in [5.74, 6) is 0.618. The van der Waals surface area contributed by atoms with Crippen LogP contribution >= 0.6 is 0 Å². The van der Waals surface area contributed by atoms with E-state index in [1.165, 1.54) is 12.4 Å². The quantitative estimate of drug-likeness (QED) is 0.938. The number of anilines is 2. The van der Waals surface area contributed by atoms with Crippen LogP contribution in [0.15, 0.2) is 30.6 Å². The first kappa shape index (κ1) is 16.1. The minimum Gasteiger partial charge on any atom is -0.322 e. The zero-order valence-electron chi connectivity index (χ0n) is 13.9. The van der Waals surface area contributed by atoms with Gasteiger partial charge >= 0.3 is 0 Å². The molecule has 2 amide bonds. The molecule has 1 aromatic heterocycles. The number of rotatable bonds is 4. The molecule has 2 aromatic rings. The van der Waals surface area contributed by atoms with Crippen molar-refractivity contribution >= 4 is 23.2 Å². The van der Waals surface area contributed by atoms with Crippen molar-refractivity contribution < 1.29 is 9.59 Å². The minimum atomic E-state index is -0.248. The van der Waals surface area contributed by atoms with Gasteiger partial charge in [0.1, 0.15) is 5.82 Å². The molecule has 0 spiro atoms. The molecule has 1 aliphatic rings. The number of benzene rings is 1. The topological polar surface area (TPSA) is 75.2 Å². The van der Waals surface area contributed by atoms with E-state index >= 15 is 0 Å². The van der Waals surface area contributed by atoms with Crippen molar-refractivity contribution in [2.75, 3.05) is 16.8 Å². The van der Waals surface area contributed by atoms with Gasteiger partial charge < -0.3 is 10.2 Å². The zero-order valence-corrected chi connectivity index (χ0v) is 13.9. The lowest BCUT2D eigenvalue weighted by molar-refractivity contribution is -0.117. The third-order valence-corrected chi connectivity index (χ3v) is 4.10. The highest BCUT2D eigenvalue weighted by Crippen LogP contribution is 2.27. The van der Waals surface area contributed by atoms with Gasteiger partial charge in [0.05, 0.1) is 5.56 Å². The first-order valence-electron chi connectivity index (χ1n) is 8.11. The Bertz CT molecular complexity index is 771. The molecule has 0 unspecified atom stereocenters.